The van der Waals surface area contributed by atoms with Gasteiger partial charge in [-0.2, -0.15) is 25.3 Å². The summed E-state index contributed by atoms with van der Waals surface area (Å²) >= 11 is 8.39. The third-order valence-electron chi connectivity index (χ3n) is 2.18. The number of hydrogen-bond acceptors (Lipinski definition) is 4. The van der Waals surface area contributed by atoms with Crippen molar-refractivity contribution < 1.29 is 8.85 Å². The van der Waals surface area contributed by atoms with E-state index in [0.717, 1.165) is 36.4 Å². The van der Waals surface area contributed by atoms with Crippen LogP contribution in [0, 0.1) is 0 Å². The average molecular weight is 240 g/mol. The molecule has 0 unspecified atom stereocenters. The molecule has 0 saturated heterocycles. The summed E-state index contributed by atoms with van der Waals surface area (Å²) in [5.41, 5.74) is 0. The highest BCUT2D eigenvalue weighted by atomic mass is 32.1. The third-order valence-corrected chi connectivity index (χ3v) is 6.53. The van der Waals surface area contributed by atoms with Gasteiger partial charge < -0.3 is 8.85 Å². The van der Waals surface area contributed by atoms with Gasteiger partial charge in [0.1, 0.15) is 0 Å². The second-order valence-corrected chi connectivity index (χ2v) is 7.51. The molecule has 0 bridgehead atoms. The molecule has 0 spiro atoms. The van der Waals surface area contributed by atoms with Crippen molar-refractivity contribution in [1.82, 2.24) is 0 Å². The Kier molecular flexibility index (Phi) is 8.70. The van der Waals surface area contributed by atoms with Crippen LogP contribution in [0.25, 0.3) is 0 Å². The summed E-state index contributed by atoms with van der Waals surface area (Å²) in [5.74, 6) is 1.81. The quantitative estimate of drug-likeness (QED) is 0.501. The monoisotopic (exact) mass is 240 g/mol. The predicted octanol–water partition coefficient (Wildman–Crippen LogP) is 2.36. The topological polar surface area (TPSA) is 18.5 Å². The van der Waals surface area contributed by atoms with Crippen LogP contribution in [-0.4, -0.2) is 34.3 Å². The van der Waals surface area contributed by atoms with Gasteiger partial charge in [0, 0.05) is 14.2 Å². The smallest absolute Gasteiger partial charge is 0.337 e. The Balaban J connectivity index is 3.97. The molecule has 0 aliphatic rings. The maximum Gasteiger partial charge on any atom is 0.337 e. The van der Waals surface area contributed by atoms with Crippen LogP contribution < -0.4 is 0 Å². The van der Waals surface area contributed by atoms with Gasteiger partial charge in [0.05, 0.1) is 0 Å². The maximum atomic E-state index is 5.54. The SMILES string of the molecule is CO[Si](CCCS)(CCCS)OC. The molecule has 0 heterocycles. The molecular formula is C8H20O2S2Si. The number of rotatable bonds is 8. The van der Waals surface area contributed by atoms with E-state index in [0.29, 0.717) is 0 Å². The van der Waals surface area contributed by atoms with E-state index in [-0.39, 0.29) is 0 Å². The summed E-state index contributed by atoms with van der Waals surface area (Å²) in [6.45, 7) is 0. The van der Waals surface area contributed by atoms with Crippen LogP contribution in [0.2, 0.25) is 12.1 Å². The Morgan fingerprint density at radius 3 is 1.54 bits per heavy atom. The van der Waals surface area contributed by atoms with Gasteiger partial charge in [-0.15, -0.1) is 0 Å². The van der Waals surface area contributed by atoms with Gasteiger partial charge in [-0.3, -0.25) is 0 Å². The predicted molar refractivity (Wildman–Crippen MR) is 66.3 cm³/mol. The van der Waals surface area contributed by atoms with E-state index in [1.165, 1.54) is 0 Å². The van der Waals surface area contributed by atoms with E-state index in [4.69, 9.17) is 8.85 Å². The van der Waals surface area contributed by atoms with Crippen molar-refractivity contribution in [2.45, 2.75) is 24.9 Å². The van der Waals surface area contributed by atoms with Gasteiger partial charge in [-0.05, 0) is 36.4 Å². The van der Waals surface area contributed by atoms with Crippen LogP contribution in [0.1, 0.15) is 12.8 Å². The molecule has 0 N–H and O–H groups in total. The molecule has 0 radical (unpaired) electrons. The first-order chi connectivity index (χ1) is 6.24. The summed E-state index contributed by atoms with van der Waals surface area (Å²) in [6.07, 6.45) is 2.15. The zero-order valence-corrected chi connectivity index (χ0v) is 11.2. The molecule has 0 aliphatic carbocycles. The molecule has 2 nitrogen and oxygen atoms in total. The fraction of sp³-hybridized carbons (Fsp3) is 1.00. The largest absolute Gasteiger partial charge is 0.398 e. The molecule has 0 amide bonds. The molecule has 13 heavy (non-hydrogen) atoms. The lowest BCUT2D eigenvalue weighted by molar-refractivity contribution is 0.240. The summed E-state index contributed by atoms with van der Waals surface area (Å²) in [6, 6.07) is 2.08. The van der Waals surface area contributed by atoms with Crippen LogP contribution in [0.5, 0.6) is 0 Å². The molecule has 0 aromatic heterocycles. The minimum Gasteiger partial charge on any atom is -0.398 e. The molecule has 0 aliphatic heterocycles. The first kappa shape index (κ1) is 13.8. The molecule has 0 aromatic rings. The molecule has 0 atom stereocenters. The van der Waals surface area contributed by atoms with Gasteiger partial charge in [0.15, 0.2) is 0 Å². The minimum atomic E-state index is -1.88. The molecule has 80 valence electrons. The number of thiol groups is 2. The van der Waals surface area contributed by atoms with Gasteiger partial charge in [0.25, 0.3) is 0 Å². The first-order valence-corrected chi connectivity index (χ1v) is 8.06. The average Bonchev–Trinajstić information content (AvgIpc) is 2.20. The molecule has 0 rings (SSSR count). The zero-order valence-electron chi connectivity index (χ0n) is 8.45. The van der Waals surface area contributed by atoms with E-state index < -0.39 is 8.56 Å². The van der Waals surface area contributed by atoms with Crippen molar-refractivity contribution in [1.29, 1.82) is 0 Å². The fourth-order valence-corrected chi connectivity index (χ4v) is 4.89. The van der Waals surface area contributed by atoms with Crippen molar-refractivity contribution in [2.24, 2.45) is 0 Å². The van der Waals surface area contributed by atoms with Crippen LogP contribution in [0.4, 0.5) is 0 Å². The Bertz CT molecular complexity index is 111. The highest BCUT2D eigenvalue weighted by molar-refractivity contribution is 7.80. The minimum absolute atomic E-state index is 0.905. The molecule has 0 saturated carbocycles. The van der Waals surface area contributed by atoms with Crippen LogP contribution in [0.3, 0.4) is 0 Å². The van der Waals surface area contributed by atoms with E-state index in [1.807, 2.05) is 0 Å². The summed E-state index contributed by atoms with van der Waals surface area (Å²) in [4.78, 5) is 0. The summed E-state index contributed by atoms with van der Waals surface area (Å²) in [7, 11) is 1.63. The van der Waals surface area contributed by atoms with E-state index in [9.17, 15) is 0 Å². The van der Waals surface area contributed by atoms with Crippen molar-refractivity contribution in [3.8, 4) is 0 Å². The normalized spacial score (nSPS) is 12.0. The van der Waals surface area contributed by atoms with Crippen LogP contribution >= 0.6 is 25.3 Å². The lowest BCUT2D eigenvalue weighted by Crippen LogP contribution is -2.39. The Morgan fingerprint density at radius 2 is 1.31 bits per heavy atom. The Hall–Kier alpha value is 0.837. The Morgan fingerprint density at radius 1 is 0.923 bits per heavy atom. The summed E-state index contributed by atoms with van der Waals surface area (Å²) in [5, 5.41) is 0. The Labute approximate surface area is 93.5 Å². The van der Waals surface area contributed by atoms with Crippen molar-refractivity contribution in [2.75, 3.05) is 25.7 Å². The highest BCUT2D eigenvalue weighted by Gasteiger charge is 2.33. The molecule has 0 fully saturated rings. The lowest BCUT2D eigenvalue weighted by Gasteiger charge is -2.27. The van der Waals surface area contributed by atoms with E-state index in [1.54, 1.807) is 14.2 Å². The second-order valence-electron chi connectivity index (χ2n) is 2.97. The standard InChI is InChI=1S/C8H20O2S2Si/c1-9-13(10-2,7-3-5-11)8-4-6-12/h11-12H,3-8H2,1-2H3. The molecule has 5 heteroatoms. The zero-order chi connectivity index (χ0) is 10.2. The maximum absolute atomic E-state index is 5.54. The summed E-state index contributed by atoms with van der Waals surface area (Å²) < 4.78 is 11.1. The van der Waals surface area contributed by atoms with Crippen LogP contribution in [-0.2, 0) is 8.85 Å². The van der Waals surface area contributed by atoms with Gasteiger partial charge in [-0.25, -0.2) is 0 Å². The van der Waals surface area contributed by atoms with Crippen molar-refractivity contribution >= 4 is 33.8 Å². The van der Waals surface area contributed by atoms with Crippen LogP contribution in [0.15, 0.2) is 0 Å². The lowest BCUT2D eigenvalue weighted by atomic mass is 10.6. The second kappa shape index (κ2) is 8.17. The fourth-order valence-electron chi connectivity index (χ4n) is 1.31. The number of hydrogen-bond donors (Lipinski definition) is 2. The van der Waals surface area contributed by atoms with Gasteiger partial charge in [-0.1, -0.05) is 0 Å². The van der Waals surface area contributed by atoms with E-state index >= 15 is 0 Å². The van der Waals surface area contributed by atoms with Gasteiger partial charge >= 0.3 is 8.56 Å². The molecule has 0 aromatic carbocycles. The van der Waals surface area contributed by atoms with Gasteiger partial charge in [0.2, 0.25) is 0 Å². The van der Waals surface area contributed by atoms with Crippen molar-refractivity contribution in [3.63, 3.8) is 0 Å². The third kappa shape index (κ3) is 5.32. The highest BCUT2D eigenvalue weighted by Crippen LogP contribution is 2.21. The van der Waals surface area contributed by atoms with Crippen molar-refractivity contribution in [3.05, 3.63) is 0 Å². The van der Waals surface area contributed by atoms with E-state index in [2.05, 4.69) is 25.3 Å². The molecular weight excluding hydrogens is 220 g/mol. The first-order valence-electron chi connectivity index (χ1n) is 4.56.